The SMILES string of the molecule is CN1CC(=O)N2[C@H](c3ccc(O)c(O)c3)c3[nH]c4ccccc4c3C[C@H]2C1=O. The van der Waals surface area contributed by atoms with Crippen molar-refractivity contribution in [1.29, 1.82) is 0 Å². The summed E-state index contributed by atoms with van der Waals surface area (Å²) in [4.78, 5) is 32.4. The number of aromatic amines is 1. The van der Waals surface area contributed by atoms with Crippen LogP contribution in [0.3, 0.4) is 0 Å². The average Bonchev–Trinajstić information content (AvgIpc) is 3.05. The molecule has 28 heavy (non-hydrogen) atoms. The molecule has 2 atom stereocenters. The van der Waals surface area contributed by atoms with E-state index in [9.17, 15) is 19.8 Å². The number of benzene rings is 2. The lowest BCUT2D eigenvalue weighted by Crippen LogP contribution is -2.62. The first-order valence-corrected chi connectivity index (χ1v) is 9.13. The fraction of sp³-hybridized carbons (Fsp3) is 0.238. The Morgan fingerprint density at radius 3 is 2.64 bits per heavy atom. The van der Waals surface area contributed by atoms with Crippen LogP contribution in [0, 0.1) is 0 Å². The number of hydrogen-bond donors (Lipinski definition) is 3. The lowest BCUT2D eigenvalue weighted by atomic mass is 9.86. The van der Waals surface area contributed by atoms with Gasteiger partial charge in [0.15, 0.2) is 11.5 Å². The van der Waals surface area contributed by atoms with E-state index in [1.165, 1.54) is 17.0 Å². The Bertz CT molecular complexity index is 1140. The molecule has 0 radical (unpaired) electrons. The van der Waals surface area contributed by atoms with Crippen LogP contribution in [-0.4, -0.2) is 56.4 Å². The molecule has 7 heteroatoms. The maximum absolute atomic E-state index is 13.0. The Kier molecular flexibility index (Phi) is 3.43. The highest BCUT2D eigenvalue weighted by Gasteiger charge is 2.47. The molecule has 2 aromatic carbocycles. The summed E-state index contributed by atoms with van der Waals surface area (Å²) in [6, 6.07) is 11.2. The highest BCUT2D eigenvalue weighted by molar-refractivity contribution is 5.97. The van der Waals surface area contributed by atoms with Crippen molar-refractivity contribution in [2.75, 3.05) is 13.6 Å². The van der Waals surface area contributed by atoms with Crippen LogP contribution in [0.4, 0.5) is 0 Å². The molecule has 3 aromatic rings. The van der Waals surface area contributed by atoms with Crippen molar-refractivity contribution in [3.8, 4) is 11.5 Å². The minimum Gasteiger partial charge on any atom is -0.504 e. The van der Waals surface area contributed by atoms with Crippen molar-refractivity contribution in [2.24, 2.45) is 0 Å². The molecule has 0 spiro atoms. The first kappa shape index (κ1) is 16.7. The molecular weight excluding hydrogens is 358 g/mol. The third kappa shape index (κ3) is 2.22. The number of H-pyrrole nitrogens is 1. The Morgan fingerprint density at radius 2 is 1.86 bits per heavy atom. The van der Waals surface area contributed by atoms with Gasteiger partial charge in [0.05, 0.1) is 12.6 Å². The Balaban J connectivity index is 1.77. The van der Waals surface area contributed by atoms with Gasteiger partial charge in [-0.05, 0) is 29.3 Å². The molecule has 5 rings (SSSR count). The highest BCUT2D eigenvalue weighted by Crippen LogP contribution is 2.43. The predicted octanol–water partition coefficient (Wildman–Crippen LogP) is 1.89. The van der Waals surface area contributed by atoms with E-state index in [0.717, 1.165) is 22.2 Å². The molecule has 1 saturated heterocycles. The molecule has 2 aliphatic rings. The summed E-state index contributed by atoms with van der Waals surface area (Å²) in [6.07, 6.45) is 0.439. The summed E-state index contributed by atoms with van der Waals surface area (Å²) >= 11 is 0. The molecule has 0 saturated carbocycles. The second-order valence-electron chi connectivity index (χ2n) is 7.43. The van der Waals surface area contributed by atoms with Crippen LogP contribution in [0.25, 0.3) is 10.9 Å². The topological polar surface area (TPSA) is 96.9 Å². The quantitative estimate of drug-likeness (QED) is 0.564. The number of rotatable bonds is 1. The zero-order valence-electron chi connectivity index (χ0n) is 15.2. The summed E-state index contributed by atoms with van der Waals surface area (Å²) in [5.41, 5.74) is 3.42. The van der Waals surface area contributed by atoms with Gasteiger partial charge in [-0.1, -0.05) is 24.3 Å². The molecule has 1 fully saturated rings. The van der Waals surface area contributed by atoms with Gasteiger partial charge in [0.25, 0.3) is 0 Å². The largest absolute Gasteiger partial charge is 0.504 e. The number of aromatic hydroxyl groups is 2. The molecule has 3 N–H and O–H groups in total. The smallest absolute Gasteiger partial charge is 0.245 e. The van der Waals surface area contributed by atoms with Gasteiger partial charge in [0.1, 0.15) is 6.04 Å². The number of fused-ring (bicyclic) bond motifs is 4. The number of phenols is 2. The number of para-hydroxylation sites is 1. The number of piperazine rings is 1. The lowest BCUT2D eigenvalue weighted by Gasteiger charge is -2.46. The molecule has 2 amide bonds. The number of phenolic OH excluding ortho intramolecular Hbond substituents is 2. The third-order valence-electron chi connectivity index (χ3n) is 5.77. The Hall–Kier alpha value is -3.48. The van der Waals surface area contributed by atoms with Gasteiger partial charge < -0.3 is 25.0 Å². The van der Waals surface area contributed by atoms with Gasteiger partial charge in [0, 0.05) is 30.1 Å². The molecular formula is C21H19N3O4. The summed E-state index contributed by atoms with van der Waals surface area (Å²) in [6.45, 7) is 0.0193. The van der Waals surface area contributed by atoms with Crippen LogP contribution in [0.5, 0.6) is 11.5 Å². The van der Waals surface area contributed by atoms with E-state index in [2.05, 4.69) is 4.98 Å². The van der Waals surface area contributed by atoms with E-state index in [1.807, 2.05) is 24.3 Å². The van der Waals surface area contributed by atoms with Crippen molar-refractivity contribution in [2.45, 2.75) is 18.5 Å². The van der Waals surface area contributed by atoms with Gasteiger partial charge in [-0.2, -0.15) is 0 Å². The lowest BCUT2D eigenvalue weighted by molar-refractivity contribution is -0.157. The standard InChI is InChI=1S/C21H19N3O4/c1-23-10-18(27)24-15(21(23)28)9-13-12-4-2-3-5-14(12)22-19(13)20(24)11-6-7-16(25)17(26)8-11/h2-8,15,20,22,25-26H,9-10H2,1H3/t15-,20+/m0/s1. The number of amides is 2. The van der Waals surface area contributed by atoms with Crippen LogP contribution in [0.1, 0.15) is 22.9 Å². The first-order chi connectivity index (χ1) is 13.5. The number of hydrogen-bond acceptors (Lipinski definition) is 4. The molecule has 1 aromatic heterocycles. The number of likely N-dealkylation sites (N-methyl/N-ethyl adjacent to an activating group) is 1. The maximum atomic E-state index is 13.0. The molecule has 7 nitrogen and oxygen atoms in total. The second kappa shape index (κ2) is 5.76. The molecule has 3 heterocycles. The van der Waals surface area contributed by atoms with Gasteiger partial charge in [0.2, 0.25) is 11.8 Å². The van der Waals surface area contributed by atoms with Crippen LogP contribution in [0.15, 0.2) is 42.5 Å². The van der Waals surface area contributed by atoms with Crippen LogP contribution >= 0.6 is 0 Å². The van der Waals surface area contributed by atoms with Gasteiger partial charge >= 0.3 is 0 Å². The molecule has 2 aliphatic heterocycles. The van der Waals surface area contributed by atoms with E-state index >= 15 is 0 Å². The fourth-order valence-electron chi connectivity index (χ4n) is 4.46. The molecule has 142 valence electrons. The number of carbonyl (C=O) groups excluding carboxylic acids is 2. The van der Waals surface area contributed by atoms with Crippen molar-refractivity contribution < 1.29 is 19.8 Å². The predicted molar refractivity (Wildman–Crippen MR) is 102 cm³/mol. The van der Waals surface area contributed by atoms with Gasteiger partial charge in [-0.25, -0.2) is 0 Å². The molecule has 0 bridgehead atoms. The average molecular weight is 377 g/mol. The summed E-state index contributed by atoms with van der Waals surface area (Å²) in [5, 5.41) is 20.8. The fourth-order valence-corrected chi connectivity index (χ4v) is 4.46. The van der Waals surface area contributed by atoms with E-state index in [0.29, 0.717) is 12.0 Å². The van der Waals surface area contributed by atoms with E-state index in [1.54, 1.807) is 18.0 Å². The van der Waals surface area contributed by atoms with Gasteiger partial charge in [-0.15, -0.1) is 0 Å². The minimum absolute atomic E-state index is 0.0193. The van der Waals surface area contributed by atoms with Crippen LogP contribution < -0.4 is 0 Å². The van der Waals surface area contributed by atoms with E-state index in [-0.39, 0.29) is 29.9 Å². The highest BCUT2D eigenvalue weighted by atomic mass is 16.3. The van der Waals surface area contributed by atoms with Crippen molar-refractivity contribution in [3.63, 3.8) is 0 Å². The Labute approximate surface area is 160 Å². The monoisotopic (exact) mass is 377 g/mol. The zero-order valence-corrected chi connectivity index (χ0v) is 15.2. The molecule has 0 unspecified atom stereocenters. The summed E-state index contributed by atoms with van der Waals surface area (Å²) in [7, 11) is 1.64. The van der Waals surface area contributed by atoms with Gasteiger partial charge in [-0.3, -0.25) is 9.59 Å². The second-order valence-corrected chi connectivity index (χ2v) is 7.43. The van der Waals surface area contributed by atoms with Crippen LogP contribution in [-0.2, 0) is 16.0 Å². The first-order valence-electron chi connectivity index (χ1n) is 9.13. The molecule has 0 aliphatic carbocycles. The number of nitrogens with zero attached hydrogens (tertiary/aromatic N) is 2. The van der Waals surface area contributed by atoms with Crippen molar-refractivity contribution >= 4 is 22.7 Å². The van der Waals surface area contributed by atoms with Crippen molar-refractivity contribution in [1.82, 2.24) is 14.8 Å². The van der Waals surface area contributed by atoms with E-state index < -0.39 is 12.1 Å². The van der Waals surface area contributed by atoms with E-state index in [4.69, 9.17) is 0 Å². The summed E-state index contributed by atoms with van der Waals surface area (Å²) in [5.74, 6) is -0.726. The summed E-state index contributed by atoms with van der Waals surface area (Å²) < 4.78 is 0. The normalized spacial score (nSPS) is 21.8. The number of aromatic nitrogens is 1. The third-order valence-corrected chi connectivity index (χ3v) is 5.77. The Morgan fingerprint density at radius 1 is 1.07 bits per heavy atom. The van der Waals surface area contributed by atoms with Crippen molar-refractivity contribution in [3.05, 3.63) is 59.3 Å². The zero-order chi connectivity index (χ0) is 19.6. The number of nitrogens with one attached hydrogen (secondary N) is 1. The van der Waals surface area contributed by atoms with Crippen LogP contribution in [0.2, 0.25) is 0 Å². The minimum atomic E-state index is -0.598. The maximum Gasteiger partial charge on any atom is 0.245 e. The number of carbonyl (C=O) groups is 2.